The van der Waals surface area contributed by atoms with Gasteiger partial charge in [0.2, 0.25) is 0 Å². The van der Waals surface area contributed by atoms with Crippen molar-refractivity contribution >= 4 is 10.8 Å². The van der Waals surface area contributed by atoms with E-state index in [1.165, 1.54) is 12.8 Å². The molecule has 0 bridgehead atoms. The molecule has 2 nitrogen and oxygen atoms in total. The maximum Gasteiger partial charge on any atom is 0.0441 e. The molecule has 0 heterocycles. The summed E-state index contributed by atoms with van der Waals surface area (Å²) < 4.78 is 11.2. The van der Waals surface area contributed by atoms with Crippen molar-refractivity contribution < 1.29 is 4.21 Å². The zero-order chi connectivity index (χ0) is 11.8. The molecular formula is C12H27NOS. The third-order valence-corrected chi connectivity index (χ3v) is 4.44. The molecule has 0 aliphatic carbocycles. The van der Waals surface area contributed by atoms with Crippen LogP contribution < -0.4 is 5.32 Å². The van der Waals surface area contributed by atoms with E-state index in [9.17, 15) is 4.21 Å². The van der Waals surface area contributed by atoms with Crippen LogP contribution in [0.15, 0.2) is 0 Å². The smallest absolute Gasteiger partial charge is 0.0441 e. The molecule has 0 aliphatic rings. The van der Waals surface area contributed by atoms with Gasteiger partial charge in [0.05, 0.1) is 0 Å². The van der Waals surface area contributed by atoms with Crippen molar-refractivity contribution in [3.8, 4) is 0 Å². The van der Waals surface area contributed by atoms with Crippen molar-refractivity contribution in [2.75, 3.05) is 12.8 Å². The highest BCUT2D eigenvalue weighted by atomic mass is 32.2. The highest BCUT2D eigenvalue weighted by Crippen LogP contribution is 2.12. The fraction of sp³-hybridized carbons (Fsp3) is 1.00. The van der Waals surface area contributed by atoms with Crippen LogP contribution in [0.1, 0.15) is 47.0 Å². The van der Waals surface area contributed by atoms with Crippen molar-refractivity contribution in [1.29, 1.82) is 0 Å². The summed E-state index contributed by atoms with van der Waals surface area (Å²) in [7, 11) is -0.706. The van der Waals surface area contributed by atoms with Gasteiger partial charge in [-0.2, -0.15) is 0 Å². The summed E-state index contributed by atoms with van der Waals surface area (Å²) in [5.41, 5.74) is 0. The van der Waals surface area contributed by atoms with E-state index in [0.29, 0.717) is 6.04 Å². The van der Waals surface area contributed by atoms with Crippen LogP contribution in [0.4, 0.5) is 0 Å². The lowest BCUT2D eigenvalue weighted by Crippen LogP contribution is -2.36. The summed E-state index contributed by atoms with van der Waals surface area (Å²) in [5.74, 6) is 0.782. The van der Waals surface area contributed by atoms with Crippen LogP contribution in [-0.2, 0) is 10.8 Å². The number of hydrogen-bond acceptors (Lipinski definition) is 2. The van der Waals surface area contributed by atoms with Gasteiger partial charge in [-0.25, -0.2) is 0 Å². The topological polar surface area (TPSA) is 29.1 Å². The van der Waals surface area contributed by atoms with Gasteiger partial charge in [0.15, 0.2) is 0 Å². The first kappa shape index (κ1) is 15.1. The lowest BCUT2D eigenvalue weighted by molar-refractivity contribution is 0.386. The molecule has 92 valence electrons. The molecule has 0 rings (SSSR count). The van der Waals surface area contributed by atoms with Crippen molar-refractivity contribution in [2.45, 2.75) is 58.2 Å². The zero-order valence-electron chi connectivity index (χ0n) is 10.9. The lowest BCUT2D eigenvalue weighted by atomic mass is 9.98. The van der Waals surface area contributed by atoms with E-state index < -0.39 is 10.8 Å². The predicted octanol–water partition coefficient (Wildman–Crippen LogP) is 2.56. The Morgan fingerprint density at radius 2 is 1.80 bits per heavy atom. The van der Waals surface area contributed by atoms with Gasteiger partial charge in [-0.05, 0) is 25.7 Å². The van der Waals surface area contributed by atoms with E-state index in [-0.39, 0.29) is 5.25 Å². The molecule has 3 heteroatoms. The third-order valence-electron chi connectivity index (χ3n) is 3.14. The van der Waals surface area contributed by atoms with E-state index in [4.69, 9.17) is 0 Å². The molecule has 1 N–H and O–H groups in total. The lowest BCUT2D eigenvalue weighted by Gasteiger charge is -2.21. The summed E-state index contributed by atoms with van der Waals surface area (Å²) in [4.78, 5) is 0. The molecule has 0 spiro atoms. The van der Waals surface area contributed by atoms with E-state index in [0.717, 1.165) is 18.9 Å². The molecule has 0 amide bonds. The first-order chi connectivity index (χ1) is 7.01. The third kappa shape index (κ3) is 7.07. The van der Waals surface area contributed by atoms with Crippen molar-refractivity contribution in [1.82, 2.24) is 5.32 Å². The minimum absolute atomic E-state index is 0.260. The van der Waals surface area contributed by atoms with Crippen LogP contribution in [0.2, 0.25) is 0 Å². The van der Waals surface area contributed by atoms with Crippen LogP contribution in [-0.4, -0.2) is 28.3 Å². The fourth-order valence-corrected chi connectivity index (χ4v) is 1.83. The van der Waals surface area contributed by atoms with Crippen LogP contribution >= 0.6 is 0 Å². The van der Waals surface area contributed by atoms with Crippen molar-refractivity contribution in [2.24, 2.45) is 5.92 Å². The van der Waals surface area contributed by atoms with E-state index in [1.54, 1.807) is 6.26 Å². The first-order valence-electron chi connectivity index (χ1n) is 6.06. The second-order valence-corrected chi connectivity index (χ2v) is 6.37. The second kappa shape index (κ2) is 8.28. The molecular weight excluding hydrogens is 206 g/mol. The summed E-state index contributed by atoms with van der Waals surface area (Å²) >= 11 is 0. The monoisotopic (exact) mass is 233 g/mol. The maximum atomic E-state index is 11.2. The van der Waals surface area contributed by atoms with Crippen LogP contribution in [0.3, 0.4) is 0 Å². The largest absolute Gasteiger partial charge is 0.313 e. The second-order valence-electron chi connectivity index (χ2n) is 4.57. The molecule has 15 heavy (non-hydrogen) atoms. The normalized spacial score (nSPS) is 19.5. The Labute approximate surface area is 97.7 Å². The van der Waals surface area contributed by atoms with Gasteiger partial charge in [0.25, 0.3) is 0 Å². The summed E-state index contributed by atoms with van der Waals surface area (Å²) in [6, 6.07) is 0.589. The van der Waals surface area contributed by atoms with Crippen molar-refractivity contribution in [3.05, 3.63) is 0 Å². The number of rotatable bonds is 8. The Balaban J connectivity index is 3.84. The quantitative estimate of drug-likeness (QED) is 0.698. The molecule has 0 aromatic rings. The van der Waals surface area contributed by atoms with Crippen molar-refractivity contribution in [3.63, 3.8) is 0 Å². The Bertz CT molecular complexity index is 184. The highest BCUT2D eigenvalue weighted by Gasteiger charge is 2.12. The van der Waals surface area contributed by atoms with Gasteiger partial charge < -0.3 is 5.32 Å². The zero-order valence-corrected chi connectivity index (χ0v) is 11.7. The molecule has 0 fully saturated rings. The molecule has 0 radical (unpaired) electrons. The summed E-state index contributed by atoms with van der Waals surface area (Å²) in [5, 5.41) is 3.78. The Morgan fingerprint density at radius 3 is 2.20 bits per heavy atom. The van der Waals surface area contributed by atoms with Gasteiger partial charge in [-0.15, -0.1) is 0 Å². The molecule has 0 aliphatic heterocycles. The van der Waals surface area contributed by atoms with Gasteiger partial charge in [0.1, 0.15) is 0 Å². The molecule has 4 unspecified atom stereocenters. The predicted molar refractivity (Wildman–Crippen MR) is 69.7 cm³/mol. The Kier molecular flexibility index (Phi) is 8.34. The van der Waals surface area contributed by atoms with Crippen LogP contribution in [0, 0.1) is 5.92 Å². The van der Waals surface area contributed by atoms with Gasteiger partial charge >= 0.3 is 0 Å². The van der Waals surface area contributed by atoms with E-state index in [2.05, 4.69) is 26.1 Å². The Hall–Kier alpha value is 0.110. The minimum atomic E-state index is -0.706. The SMILES string of the molecule is CCC(C)CC(CC)NCC(C)S(C)=O. The molecule has 0 saturated carbocycles. The fourth-order valence-electron chi connectivity index (χ4n) is 1.50. The average Bonchev–Trinajstić information content (AvgIpc) is 2.22. The van der Waals surface area contributed by atoms with Gasteiger partial charge in [-0.1, -0.05) is 27.2 Å². The first-order valence-corrected chi connectivity index (χ1v) is 7.68. The Morgan fingerprint density at radius 1 is 1.20 bits per heavy atom. The molecule has 0 saturated heterocycles. The van der Waals surface area contributed by atoms with Crippen LogP contribution in [0.25, 0.3) is 0 Å². The minimum Gasteiger partial charge on any atom is -0.313 e. The average molecular weight is 233 g/mol. The molecule has 0 aromatic carbocycles. The maximum absolute atomic E-state index is 11.2. The van der Waals surface area contributed by atoms with Crippen LogP contribution in [0.5, 0.6) is 0 Å². The highest BCUT2D eigenvalue weighted by molar-refractivity contribution is 7.84. The summed E-state index contributed by atoms with van der Waals surface area (Å²) in [6.07, 6.45) is 5.42. The van der Waals surface area contributed by atoms with E-state index in [1.807, 2.05) is 6.92 Å². The molecule has 4 atom stereocenters. The number of hydrogen-bond donors (Lipinski definition) is 1. The molecule has 0 aromatic heterocycles. The van der Waals surface area contributed by atoms with Gasteiger partial charge in [-0.3, -0.25) is 4.21 Å². The number of nitrogens with one attached hydrogen (secondary N) is 1. The van der Waals surface area contributed by atoms with E-state index >= 15 is 0 Å². The standard InChI is InChI=1S/C12H27NOS/c1-6-10(3)8-12(7-2)13-9-11(4)15(5)14/h10-13H,6-9H2,1-5H3. The van der Waals surface area contributed by atoms with Gasteiger partial charge in [0, 0.05) is 34.9 Å². The summed E-state index contributed by atoms with van der Waals surface area (Å²) in [6.45, 7) is 9.66.